The number of hydrogen-bond acceptors (Lipinski definition) is 7. The lowest BCUT2D eigenvalue weighted by Gasteiger charge is -2.38. The van der Waals surface area contributed by atoms with Gasteiger partial charge < -0.3 is 19.9 Å². The van der Waals surface area contributed by atoms with E-state index >= 15 is 0 Å². The Morgan fingerprint density at radius 3 is 2.29 bits per heavy atom. The van der Waals surface area contributed by atoms with Gasteiger partial charge in [-0.05, 0) is 48.5 Å². The minimum atomic E-state index is -0.784. The fourth-order valence-corrected chi connectivity index (χ4v) is 4.03. The van der Waals surface area contributed by atoms with E-state index in [0.717, 1.165) is 24.7 Å². The molecule has 9 heteroatoms. The smallest absolute Gasteiger partial charge is 0.249 e. The number of amides is 2. The Labute approximate surface area is 203 Å². The van der Waals surface area contributed by atoms with Gasteiger partial charge in [0.25, 0.3) is 0 Å². The van der Waals surface area contributed by atoms with Gasteiger partial charge in [-0.25, -0.2) is 9.98 Å². The maximum absolute atomic E-state index is 12.9. The van der Waals surface area contributed by atoms with E-state index in [9.17, 15) is 9.59 Å². The van der Waals surface area contributed by atoms with E-state index in [-0.39, 0.29) is 18.2 Å². The Balaban J connectivity index is 1.19. The molecule has 1 atom stereocenters. The van der Waals surface area contributed by atoms with Crippen LogP contribution in [-0.4, -0.2) is 59.9 Å². The number of aromatic nitrogens is 1. The first-order valence-corrected chi connectivity index (χ1v) is 11.6. The fourth-order valence-electron chi connectivity index (χ4n) is 4.03. The molecule has 0 bridgehead atoms. The molecule has 0 saturated carbocycles. The molecular weight excluding hydrogens is 444 g/mol. The molecule has 2 aliphatic rings. The van der Waals surface area contributed by atoms with E-state index in [1.807, 2.05) is 53.4 Å². The van der Waals surface area contributed by atoms with Crippen molar-refractivity contribution in [2.45, 2.75) is 12.5 Å². The number of ether oxygens (including phenoxy) is 1. The molecule has 3 aromatic rings. The zero-order valence-electron chi connectivity index (χ0n) is 19.1. The van der Waals surface area contributed by atoms with E-state index in [1.54, 1.807) is 30.5 Å². The molecule has 0 aliphatic carbocycles. The number of anilines is 2. The summed E-state index contributed by atoms with van der Waals surface area (Å²) in [6.07, 6.45) is 1.79. The monoisotopic (exact) mass is 470 g/mol. The lowest BCUT2D eigenvalue weighted by Crippen LogP contribution is -2.56. The predicted octanol–water partition coefficient (Wildman–Crippen LogP) is 2.88. The average Bonchev–Trinajstić information content (AvgIpc) is 2.91. The van der Waals surface area contributed by atoms with Crippen LogP contribution >= 0.6 is 0 Å². The summed E-state index contributed by atoms with van der Waals surface area (Å²) in [5.41, 5.74) is 0.613. The van der Waals surface area contributed by atoms with E-state index in [0.29, 0.717) is 30.5 Å². The molecule has 5 rings (SSSR count). The summed E-state index contributed by atoms with van der Waals surface area (Å²) in [5.74, 6) is 2.25. The molecule has 0 unspecified atom stereocenters. The average molecular weight is 471 g/mol. The van der Waals surface area contributed by atoms with Crippen molar-refractivity contribution in [3.05, 3.63) is 79.0 Å². The van der Waals surface area contributed by atoms with Crippen molar-refractivity contribution in [3.63, 3.8) is 0 Å². The van der Waals surface area contributed by atoms with Crippen molar-refractivity contribution in [2.24, 2.45) is 4.99 Å². The van der Waals surface area contributed by atoms with Gasteiger partial charge >= 0.3 is 0 Å². The molecule has 35 heavy (non-hydrogen) atoms. The molecule has 0 radical (unpaired) electrons. The molecule has 9 nitrogen and oxygen atoms in total. The summed E-state index contributed by atoms with van der Waals surface area (Å²) in [4.78, 5) is 38.4. The first-order chi connectivity index (χ1) is 17.1. The van der Waals surface area contributed by atoms with Crippen molar-refractivity contribution in [1.82, 2.24) is 15.2 Å². The third-order valence-corrected chi connectivity index (χ3v) is 5.86. The number of carbonyl (C=O) groups excluding carboxylic acids is 2. The van der Waals surface area contributed by atoms with Crippen molar-refractivity contribution in [3.8, 4) is 11.5 Å². The van der Waals surface area contributed by atoms with Crippen molar-refractivity contribution < 1.29 is 14.3 Å². The van der Waals surface area contributed by atoms with E-state index in [2.05, 4.69) is 25.5 Å². The number of guanidine groups is 1. The Hall–Kier alpha value is -4.40. The molecule has 178 valence electrons. The van der Waals surface area contributed by atoms with Crippen LogP contribution in [0.15, 0.2) is 84.0 Å². The van der Waals surface area contributed by atoms with Crippen molar-refractivity contribution in [2.75, 3.05) is 36.4 Å². The standard InChI is InChI=1S/C26H26N6O3/c33-24-18-22(25(34)28-19-9-11-21(12-10-19)35-20-6-2-1-3-7-20)29-26(30-24)32-16-14-31(15-17-32)23-8-4-5-13-27-23/h1-13,22H,14-18H2,(H,28,34)(H,29,30,33)/t22-/m0/s1. The number of rotatable bonds is 5. The summed E-state index contributed by atoms with van der Waals surface area (Å²) in [5, 5.41) is 5.69. The van der Waals surface area contributed by atoms with E-state index in [4.69, 9.17) is 4.74 Å². The molecule has 1 saturated heterocycles. The Morgan fingerprint density at radius 1 is 0.886 bits per heavy atom. The minimum Gasteiger partial charge on any atom is -0.457 e. The van der Waals surface area contributed by atoms with Crippen LogP contribution in [0.2, 0.25) is 0 Å². The molecule has 0 spiro atoms. The van der Waals surface area contributed by atoms with Gasteiger partial charge in [-0.3, -0.25) is 14.9 Å². The van der Waals surface area contributed by atoms with Crippen molar-refractivity contribution in [1.29, 1.82) is 0 Å². The zero-order valence-corrected chi connectivity index (χ0v) is 19.1. The Bertz CT molecular complexity index is 1190. The number of carbonyl (C=O) groups is 2. The van der Waals surface area contributed by atoms with Gasteiger partial charge in [-0.2, -0.15) is 0 Å². The van der Waals surface area contributed by atoms with Crippen LogP contribution in [0.5, 0.6) is 11.5 Å². The molecule has 2 amide bonds. The zero-order chi connectivity index (χ0) is 24.0. The summed E-state index contributed by atoms with van der Waals surface area (Å²) in [6.45, 7) is 2.85. The SMILES string of the molecule is O=C1C[C@@H](C(=O)Nc2ccc(Oc3ccccc3)cc2)N=C(N2CCN(c3ccccn3)CC2)N1. The van der Waals surface area contributed by atoms with Gasteiger partial charge in [-0.1, -0.05) is 24.3 Å². The molecule has 1 fully saturated rings. The van der Waals surface area contributed by atoms with Gasteiger partial charge in [0.15, 0.2) is 0 Å². The third kappa shape index (κ3) is 5.57. The first kappa shape index (κ1) is 22.4. The van der Waals surface area contributed by atoms with Crippen LogP contribution in [0.4, 0.5) is 11.5 Å². The highest BCUT2D eigenvalue weighted by Gasteiger charge is 2.30. The van der Waals surface area contributed by atoms with Crippen molar-refractivity contribution >= 4 is 29.3 Å². The van der Waals surface area contributed by atoms with Crippen LogP contribution in [0.1, 0.15) is 6.42 Å². The second-order valence-electron chi connectivity index (χ2n) is 8.31. The van der Waals surface area contributed by atoms with E-state index < -0.39 is 6.04 Å². The van der Waals surface area contributed by atoms with Gasteiger partial charge in [0.05, 0.1) is 6.42 Å². The number of aliphatic imine (C=N–C) groups is 1. The van der Waals surface area contributed by atoms with Crippen LogP contribution in [0, 0.1) is 0 Å². The quantitative estimate of drug-likeness (QED) is 0.595. The van der Waals surface area contributed by atoms with E-state index in [1.165, 1.54) is 0 Å². The van der Waals surface area contributed by atoms with Gasteiger partial charge in [0.1, 0.15) is 23.4 Å². The second kappa shape index (κ2) is 10.3. The van der Waals surface area contributed by atoms with Crippen LogP contribution in [0.3, 0.4) is 0 Å². The normalized spacial score (nSPS) is 17.9. The minimum absolute atomic E-state index is 0.0123. The summed E-state index contributed by atoms with van der Waals surface area (Å²) in [6, 6.07) is 21.6. The highest BCUT2D eigenvalue weighted by molar-refractivity contribution is 6.06. The Morgan fingerprint density at radius 2 is 1.57 bits per heavy atom. The number of nitrogens with one attached hydrogen (secondary N) is 2. The number of para-hydroxylation sites is 1. The fraction of sp³-hybridized carbons (Fsp3) is 0.231. The molecule has 3 heterocycles. The predicted molar refractivity (Wildman–Crippen MR) is 134 cm³/mol. The number of benzene rings is 2. The molecule has 2 N–H and O–H groups in total. The molecule has 2 aromatic carbocycles. The number of pyridine rings is 1. The maximum Gasteiger partial charge on any atom is 0.249 e. The largest absolute Gasteiger partial charge is 0.457 e. The lowest BCUT2D eigenvalue weighted by atomic mass is 10.1. The number of piperazine rings is 1. The lowest BCUT2D eigenvalue weighted by molar-refractivity contribution is -0.125. The second-order valence-corrected chi connectivity index (χ2v) is 8.31. The summed E-state index contributed by atoms with van der Waals surface area (Å²) >= 11 is 0. The van der Waals surface area contributed by atoms with Crippen LogP contribution < -0.4 is 20.3 Å². The number of nitrogens with zero attached hydrogens (tertiary/aromatic N) is 4. The topological polar surface area (TPSA) is 99.2 Å². The van der Waals surface area contributed by atoms with Crippen LogP contribution in [0.25, 0.3) is 0 Å². The summed E-state index contributed by atoms with van der Waals surface area (Å²) < 4.78 is 5.79. The van der Waals surface area contributed by atoms with Gasteiger partial charge in [-0.15, -0.1) is 0 Å². The highest BCUT2D eigenvalue weighted by atomic mass is 16.5. The highest BCUT2D eigenvalue weighted by Crippen LogP contribution is 2.23. The maximum atomic E-state index is 12.9. The third-order valence-electron chi connectivity index (χ3n) is 5.86. The summed E-state index contributed by atoms with van der Waals surface area (Å²) in [7, 11) is 0. The molecular formula is C26H26N6O3. The van der Waals surface area contributed by atoms with Gasteiger partial charge in [0, 0.05) is 38.1 Å². The van der Waals surface area contributed by atoms with Gasteiger partial charge in [0.2, 0.25) is 17.8 Å². The molecule has 1 aromatic heterocycles. The first-order valence-electron chi connectivity index (χ1n) is 11.6. The number of hydrogen-bond donors (Lipinski definition) is 2. The Kier molecular flexibility index (Phi) is 6.56. The van der Waals surface area contributed by atoms with Crippen LogP contribution in [-0.2, 0) is 9.59 Å². The molecule has 2 aliphatic heterocycles.